The summed E-state index contributed by atoms with van der Waals surface area (Å²) < 4.78 is 38.7. The maximum Gasteiger partial charge on any atom is 0.471 e. The van der Waals surface area contributed by atoms with Crippen LogP contribution in [0.15, 0.2) is 60.7 Å². The summed E-state index contributed by atoms with van der Waals surface area (Å²) in [7, 11) is 0. The topological polar surface area (TPSA) is 44.1 Å². The van der Waals surface area contributed by atoms with Gasteiger partial charge in [-0.3, -0.25) is 4.79 Å². The lowest BCUT2D eigenvalue weighted by molar-refractivity contribution is -0.187. The van der Waals surface area contributed by atoms with E-state index in [0.29, 0.717) is 16.0 Å². The average Bonchev–Trinajstić information content (AvgIpc) is 2.55. The lowest BCUT2D eigenvalue weighted by Gasteiger charge is -2.28. The molecule has 1 amide bonds. The van der Waals surface area contributed by atoms with Crippen molar-refractivity contribution in [3.8, 4) is 6.07 Å². The van der Waals surface area contributed by atoms with Gasteiger partial charge in [0.2, 0.25) is 0 Å². The number of halogens is 3. The predicted molar refractivity (Wildman–Crippen MR) is 77.8 cm³/mol. The summed E-state index contributed by atoms with van der Waals surface area (Å²) in [6, 6.07) is 16.7. The number of benzene rings is 2. The zero-order valence-electron chi connectivity index (χ0n) is 12.0. The third-order valence-electron chi connectivity index (χ3n) is 3.25. The Hall–Kier alpha value is -2.81. The summed E-state index contributed by atoms with van der Waals surface area (Å²) in [6.45, 7) is -0.299. The second kappa shape index (κ2) is 6.97. The van der Waals surface area contributed by atoms with Gasteiger partial charge in [0, 0.05) is 6.54 Å². The van der Waals surface area contributed by atoms with Gasteiger partial charge in [0.05, 0.1) is 6.07 Å². The Morgan fingerprint density at radius 2 is 1.57 bits per heavy atom. The lowest BCUT2D eigenvalue weighted by Crippen LogP contribution is -2.42. The molecule has 0 heterocycles. The molecular formula is C17H13F3N2O. The first kappa shape index (κ1) is 16.6. The third-order valence-corrected chi connectivity index (χ3v) is 3.25. The number of alkyl halides is 3. The highest BCUT2D eigenvalue weighted by atomic mass is 19.4. The van der Waals surface area contributed by atoms with Crippen LogP contribution in [-0.2, 0) is 11.3 Å². The Bertz CT molecular complexity index is 693. The quantitative estimate of drug-likeness (QED) is 0.859. The van der Waals surface area contributed by atoms with Crippen molar-refractivity contribution < 1.29 is 18.0 Å². The zero-order chi connectivity index (χ0) is 16.9. The Morgan fingerprint density at radius 1 is 1.04 bits per heavy atom. The molecule has 0 bridgehead atoms. The minimum atomic E-state index is -5.04. The van der Waals surface area contributed by atoms with Crippen LogP contribution in [0.1, 0.15) is 17.2 Å². The smallest absolute Gasteiger partial charge is 0.310 e. The van der Waals surface area contributed by atoms with E-state index >= 15 is 0 Å². The molecule has 0 saturated heterocycles. The first-order valence-electron chi connectivity index (χ1n) is 6.79. The van der Waals surface area contributed by atoms with Gasteiger partial charge in [-0.05, 0) is 11.1 Å². The molecule has 0 saturated carbocycles. The Labute approximate surface area is 131 Å². The largest absolute Gasteiger partial charge is 0.471 e. The fraction of sp³-hybridized carbons (Fsp3) is 0.176. The summed E-state index contributed by atoms with van der Waals surface area (Å²) in [5.41, 5.74) is 0.852. The van der Waals surface area contributed by atoms with Gasteiger partial charge in [0.15, 0.2) is 0 Å². The van der Waals surface area contributed by atoms with E-state index < -0.39 is 18.1 Å². The van der Waals surface area contributed by atoms with Crippen LogP contribution in [0.4, 0.5) is 13.2 Å². The number of amides is 1. The molecule has 0 aliphatic rings. The summed E-state index contributed by atoms with van der Waals surface area (Å²) in [5, 5.41) is 9.33. The zero-order valence-corrected chi connectivity index (χ0v) is 12.0. The lowest BCUT2D eigenvalue weighted by atomic mass is 10.1. The predicted octanol–water partition coefficient (Wildman–Crippen LogP) is 3.84. The molecule has 1 atom stereocenters. The van der Waals surface area contributed by atoms with Crippen LogP contribution >= 0.6 is 0 Å². The van der Waals surface area contributed by atoms with Crippen molar-refractivity contribution in [2.45, 2.75) is 18.8 Å². The van der Waals surface area contributed by atoms with Gasteiger partial charge in [-0.2, -0.15) is 18.4 Å². The summed E-state index contributed by atoms with van der Waals surface area (Å²) in [5.74, 6) is -2.03. The van der Waals surface area contributed by atoms with Crippen molar-refractivity contribution in [2.75, 3.05) is 0 Å². The van der Waals surface area contributed by atoms with E-state index in [1.165, 1.54) is 12.1 Å². The molecule has 0 aromatic heterocycles. The molecule has 0 spiro atoms. The van der Waals surface area contributed by atoms with Crippen molar-refractivity contribution in [3.05, 3.63) is 71.8 Å². The van der Waals surface area contributed by atoms with E-state index in [1.807, 2.05) is 0 Å². The second-order valence-corrected chi connectivity index (χ2v) is 4.86. The molecule has 0 fully saturated rings. The van der Waals surface area contributed by atoms with Gasteiger partial charge in [0.25, 0.3) is 0 Å². The van der Waals surface area contributed by atoms with Crippen molar-refractivity contribution in [3.63, 3.8) is 0 Å². The highest BCUT2D eigenvalue weighted by molar-refractivity contribution is 5.82. The molecule has 2 aromatic carbocycles. The monoisotopic (exact) mass is 318 g/mol. The molecule has 6 heteroatoms. The van der Waals surface area contributed by atoms with Crippen LogP contribution in [0.2, 0.25) is 0 Å². The molecule has 3 nitrogen and oxygen atoms in total. The number of hydrogen-bond acceptors (Lipinski definition) is 2. The highest BCUT2D eigenvalue weighted by Crippen LogP contribution is 2.28. The van der Waals surface area contributed by atoms with E-state index in [2.05, 4.69) is 0 Å². The molecule has 1 unspecified atom stereocenters. The van der Waals surface area contributed by atoms with Crippen LogP contribution in [0, 0.1) is 11.3 Å². The Morgan fingerprint density at radius 3 is 2.04 bits per heavy atom. The maximum atomic E-state index is 12.9. The number of hydrogen-bond donors (Lipinski definition) is 0. The minimum absolute atomic E-state index is 0.299. The molecule has 23 heavy (non-hydrogen) atoms. The summed E-state index contributed by atoms with van der Waals surface area (Å²) >= 11 is 0. The standard InChI is InChI=1S/C17H13F3N2O/c18-17(19,20)16(23)22(12-13-7-3-1-4-8-13)15(11-21)14-9-5-2-6-10-14/h1-10,15H,12H2. The Kier molecular flexibility index (Phi) is 5.02. The van der Waals surface area contributed by atoms with Crippen molar-refractivity contribution in [1.29, 1.82) is 5.26 Å². The highest BCUT2D eigenvalue weighted by Gasteiger charge is 2.45. The van der Waals surface area contributed by atoms with Gasteiger partial charge in [-0.25, -0.2) is 0 Å². The van der Waals surface area contributed by atoms with E-state index in [9.17, 15) is 23.2 Å². The number of nitrogens with zero attached hydrogens (tertiary/aromatic N) is 2. The first-order valence-corrected chi connectivity index (χ1v) is 6.79. The third kappa shape index (κ3) is 4.10. The van der Waals surface area contributed by atoms with E-state index in [-0.39, 0.29) is 6.54 Å². The SMILES string of the molecule is N#CC(c1ccccc1)N(Cc1ccccc1)C(=O)C(F)(F)F. The van der Waals surface area contributed by atoms with Gasteiger partial charge in [-0.1, -0.05) is 60.7 Å². The Balaban J connectivity index is 2.40. The van der Waals surface area contributed by atoms with Crippen LogP contribution < -0.4 is 0 Å². The molecule has 0 aliphatic carbocycles. The van der Waals surface area contributed by atoms with E-state index in [1.54, 1.807) is 54.6 Å². The van der Waals surface area contributed by atoms with Crippen molar-refractivity contribution in [1.82, 2.24) is 4.90 Å². The molecular weight excluding hydrogens is 305 g/mol. The molecule has 2 aromatic rings. The van der Waals surface area contributed by atoms with Gasteiger partial charge >= 0.3 is 12.1 Å². The molecule has 2 rings (SSSR count). The second-order valence-electron chi connectivity index (χ2n) is 4.86. The van der Waals surface area contributed by atoms with Crippen LogP contribution in [0.5, 0.6) is 0 Å². The van der Waals surface area contributed by atoms with E-state index in [0.717, 1.165) is 0 Å². The summed E-state index contributed by atoms with van der Waals surface area (Å²) in [6.07, 6.45) is -5.04. The van der Waals surface area contributed by atoms with Crippen LogP contribution in [0.25, 0.3) is 0 Å². The number of rotatable bonds is 4. The fourth-order valence-electron chi connectivity index (χ4n) is 2.18. The van der Waals surface area contributed by atoms with Crippen molar-refractivity contribution >= 4 is 5.91 Å². The molecule has 0 N–H and O–H groups in total. The van der Waals surface area contributed by atoms with Crippen LogP contribution in [-0.4, -0.2) is 17.0 Å². The van der Waals surface area contributed by atoms with Gasteiger partial charge in [-0.15, -0.1) is 0 Å². The maximum absolute atomic E-state index is 12.9. The molecule has 0 radical (unpaired) electrons. The normalized spacial score (nSPS) is 12.3. The first-order chi connectivity index (χ1) is 10.9. The average molecular weight is 318 g/mol. The van der Waals surface area contributed by atoms with E-state index in [4.69, 9.17) is 0 Å². The molecule has 118 valence electrons. The van der Waals surface area contributed by atoms with Crippen LogP contribution in [0.3, 0.4) is 0 Å². The van der Waals surface area contributed by atoms with Gasteiger partial charge < -0.3 is 4.90 Å². The molecule has 0 aliphatic heterocycles. The number of carbonyl (C=O) groups excluding carboxylic acids is 1. The number of carbonyl (C=O) groups is 1. The minimum Gasteiger partial charge on any atom is -0.310 e. The number of nitriles is 1. The van der Waals surface area contributed by atoms with Gasteiger partial charge in [0.1, 0.15) is 6.04 Å². The fourth-order valence-corrected chi connectivity index (χ4v) is 2.18. The summed E-state index contributed by atoms with van der Waals surface area (Å²) in [4.78, 5) is 12.3. The van der Waals surface area contributed by atoms with Crippen molar-refractivity contribution in [2.24, 2.45) is 0 Å².